The third-order valence-electron chi connectivity index (χ3n) is 3.69. The Labute approximate surface area is 129 Å². The lowest BCUT2D eigenvalue weighted by molar-refractivity contribution is -0.384. The molecule has 0 aliphatic carbocycles. The molecule has 8 nitrogen and oxygen atoms in total. The highest BCUT2D eigenvalue weighted by Crippen LogP contribution is 2.35. The zero-order chi connectivity index (χ0) is 16.0. The maximum absolute atomic E-state index is 10.9. The number of nitro groups is 1. The van der Waals surface area contributed by atoms with Crippen molar-refractivity contribution in [2.24, 2.45) is 0 Å². The lowest BCUT2D eigenvalue weighted by Crippen LogP contribution is -1.91. The number of H-pyrrole nitrogens is 2. The van der Waals surface area contributed by atoms with Crippen molar-refractivity contribution < 1.29 is 9.66 Å². The molecular weight excluding hydrogens is 298 g/mol. The first kappa shape index (κ1) is 13.3. The molecule has 0 unspecified atom stereocenters. The highest BCUT2D eigenvalue weighted by atomic mass is 16.6. The molecule has 0 spiro atoms. The summed E-state index contributed by atoms with van der Waals surface area (Å²) in [4.78, 5) is 25.4. The largest absolute Gasteiger partial charge is 0.496 e. The van der Waals surface area contributed by atoms with Crippen LogP contribution in [0.4, 0.5) is 5.69 Å². The van der Waals surface area contributed by atoms with Crippen molar-refractivity contribution >= 4 is 27.8 Å². The zero-order valence-electron chi connectivity index (χ0n) is 12.0. The van der Waals surface area contributed by atoms with E-state index in [0.717, 1.165) is 11.0 Å². The number of fused-ring (bicyclic) bond motifs is 2. The Balaban J connectivity index is 1.98. The lowest BCUT2D eigenvalue weighted by Gasteiger charge is -2.06. The number of hydrogen-bond donors (Lipinski definition) is 2. The van der Waals surface area contributed by atoms with Crippen molar-refractivity contribution in [1.82, 2.24) is 19.9 Å². The Morgan fingerprint density at radius 2 is 2.09 bits per heavy atom. The number of ether oxygens (including phenoxy) is 1. The molecule has 0 aliphatic heterocycles. The van der Waals surface area contributed by atoms with Crippen molar-refractivity contribution in [1.29, 1.82) is 0 Å². The van der Waals surface area contributed by atoms with Gasteiger partial charge in [-0.1, -0.05) is 0 Å². The molecule has 2 N–H and O–H groups in total. The molecule has 0 fully saturated rings. The van der Waals surface area contributed by atoms with Gasteiger partial charge in [0.25, 0.3) is 5.69 Å². The first-order valence-corrected chi connectivity index (χ1v) is 6.82. The molecule has 23 heavy (non-hydrogen) atoms. The smallest absolute Gasteiger partial charge is 0.271 e. The summed E-state index contributed by atoms with van der Waals surface area (Å²) in [6.45, 7) is 0. The fourth-order valence-electron chi connectivity index (χ4n) is 2.62. The Kier molecular flexibility index (Phi) is 2.77. The van der Waals surface area contributed by atoms with Gasteiger partial charge in [0.2, 0.25) is 0 Å². The van der Waals surface area contributed by atoms with Gasteiger partial charge in [-0.3, -0.25) is 10.1 Å². The van der Waals surface area contributed by atoms with Gasteiger partial charge in [-0.15, -0.1) is 0 Å². The van der Waals surface area contributed by atoms with Gasteiger partial charge >= 0.3 is 0 Å². The minimum atomic E-state index is -0.436. The lowest BCUT2D eigenvalue weighted by atomic mass is 10.1. The summed E-state index contributed by atoms with van der Waals surface area (Å²) in [6.07, 6.45) is 1.60. The highest BCUT2D eigenvalue weighted by Gasteiger charge is 2.17. The van der Waals surface area contributed by atoms with Crippen molar-refractivity contribution in [2.45, 2.75) is 0 Å². The van der Waals surface area contributed by atoms with E-state index >= 15 is 0 Å². The van der Waals surface area contributed by atoms with Crippen LogP contribution in [0.2, 0.25) is 0 Å². The summed E-state index contributed by atoms with van der Waals surface area (Å²) in [6, 6.07) is 8.20. The molecule has 0 amide bonds. The summed E-state index contributed by atoms with van der Waals surface area (Å²) in [7, 11) is 1.57. The van der Waals surface area contributed by atoms with Gasteiger partial charge in [-0.25, -0.2) is 9.97 Å². The Morgan fingerprint density at radius 3 is 2.87 bits per heavy atom. The number of rotatable bonds is 3. The predicted molar refractivity (Wildman–Crippen MR) is 84.4 cm³/mol. The quantitative estimate of drug-likeness (QED) is 0.446. The van der Waals surface area contributed by atoms with Crippen LogP contribution in [0.15, 0.2) is 36.7 Å². The van der Waals surface area contributed by atoms with Crippen LogP contribution in [-0.4, -0.2) is 32.0 Å². The average molecular weight is 309 g/mol. The number of nitro benzene ring substituents is 1. The molecule has 0 atom stereocenters. The number of hydrogen-bond acceptors (Lipinski definition) is 5. The van der Waals surface area contributed by atoms with Crippen LogP contribution in [0.25, 0.3) is 33.5 Å². The number of nitrogens with one attached hydrogen (secondary N) is 2. The second-order valence-electron chi connectivity index (χ2n) is 4.99. The average Bonchev–Trinajstić information content (AvgIpc) is 3.18. The summed E-state index contributed by atoms with van der Waals surface area (Å²) < 4.78 is 5.41. The molecule has 114 valence electrons. The van der Waals surface area contributed by atoms with E-state index in [0.29, 0.717) is 28.2 Å². The molecule has 2 aromatic carbocycles. The first-order valence-electron chi connectivity index (χ1n) is 6.82. The minimum Gasteiger partial charge on any atom is -0.496 e. The molecule has 8 heteroatoms. The van der Waals surface area contributed by atoms with Gasteiger partial charge in [0.1, 0.15) is 17.1 Å². The van der Waals surface area contributed by atoms with Crippen LogP contribution in [0, 0.1) is 10.1 Å². The minimum absolute atomic E-state index is 0.0117. The van der Waals surface area contributed by atoms with Gasteiger partial charge in [0.05, 0.1) is 40.5 Å². The fraction of sp³-hybridized carbons (Fsp3) is 0.0667. The summed E-state index contributed by atoms with van der Waals surface area (Å²) >= 11 is 0. The van der Waals surface area contributed by atoms with E-state index in [2.05, 4.69) is 19.9 Å². The van der Waals surface area contributed by atoms with Gasteiger partial charge in [-0.2, -0.15) is 0 Å². The van der Waals surface area contributed by atoms with Crippen LogP contribution in [0.1, 0.15) is 0 Å². The van der Waals surface area contributed by atoms with Gasteiger partial charge in [0.15, 0.2) is 0 Å². The van der Waals surface area contributed by atoms with Crippen molar-refractivity contribution in [2.75, 3.05) is 7.11 Å². The standard InChI is InChI=1S/C15H11N5O3/c1-23-12-5-4-10-14(17-7-16-10)13(12)15-18-9-3-2-8(20(21)22)6-11(9)19-15/h2-7H,1H3,(H,16,17)(H,18,19). The topological polar surface area (TPSA) is 110 Å². The molecular formula is C15H11N5O3. The van der Waals surface area contributed by atoms with Crippen LogP contribution in [-0.2, 0) is 0 Å². The molecule has 0 saturated heterocycles. The van der Waals surface area contributed by atoms with E-state index < -0.39 is 4.92 Å². The number of benzene rings is 2. The molecule has 0 saturated carbocycles. The van der Waals surface area contributed by atoms with Crippen LogP contribution >= 0.6 is 0 Å². The van der Waals surface area contributed by atoms with E-state index in [1.807, 2.05) is 12.1 Å². The zero-order valence-corrected chi connectivity index (χ0v) is 12.0. The Bertz CT molecular complexity index is 1050. The molecule has 2 aromatic heterocycles. The van der Waals surface area contributed by atoms with Crippen LogP contribution in [0.5, 0.6) is 5.75 Å². The summed E-state index contributed by atoms with van der Waals surface area (Å²) in [5.41, 5.74) is 3.52. The molecule has 4 aromatic rings. The van der Waals surface area contributed by atoms with Gasteiger partial charge in [-0.05, 0) is 18.2 Å². The molecule has 0 aliphatic rings. The monoisotopic (exact) mass is 309 g/mol. The molecule has 2 heterocycles. The third kappa shape index (κ3) is 2.00. The molecule has 0 bridgehead atoms. The van der Waals surface area contributed by atoms with E-state index in [1.54, 1.807) is 19.5 Å². The number of aromatic amines is 2. The Hall–Kier alpha value is -3.42. The SMILES string of the molecule is COc1ccc2[nH]cnc2c1-c1nc2ccc([N+](=O)[O-])cc2[nH]1. The maximum Gasteiger partial charge on any atom is 0.271 e. The van der Waals surface area contributed by atoms with Crippen LogP contribution < -0.4 is 4.74 Å². The summed E-state index contributed by atoms with van der Waals surface area (Å²) in [5.74, 6) is 1.17. The van der Waals surface area contributed by atoms with Crippen molar-refractivity contribution in [3.8, 4) is 17.1 Å². The predicted octanol–water partition coefficient (Wildman–Crippen LogP) is 3.02. The van der Waals surface area contributed by atoms with E-state index in [1.165, 1.54) is 12.1 Å². The number of non-ortho nitro benzene ring substituents is 1. The molecule has 4 rings (SSSR count). The fourth-order valence-corrected chi connectivity index (χ4v) is 2.62. The second kappa shape index (κ2) is 4.80. The van der Waals surface area contributed by atoms with Crippen molar-refractivity contribution in [3.05, 3.63) is 46.8 Å². The van der Waals surface area contributed by atoms with Gasteiger partial charge in [0, 0.05) is 12.1 Å². The van der Waals surface area contributed by atoms with Gasteiger partial charge < -0.3 is 14.7 Å². The molecule has 0 radical (unpaired) electrons. The number of aromatic nitrogens is 4. The number of nitrogens with zero attached hydrogens (tertiary/aromatic N) is 3. The van der Waals surface area contributed by atoms with E-state index in [9.17, 15) is 10.1 Å². The van der Waals surface area contributed by atoms with E-state index in [-0.39, 0.29) is 5.69 Å². The number of methoxy groups -OCH3 is 1. The van der Waals surface area contributed by atoms with E-state index in [4.69, 9.17) is 4.74 Å². The maximum atomic E-state index is 10.9. The first-order chi connectivity index (χ1) is 11.2. The second-order valence-corrected chi connectivity index (χ2v) is 4.99. The Morgan fingerprint density at radius 1 is 1.22 bits per heavy atom. The highest BCUT2D eigenvalue weighted by molar-refractivity contribution is 5.95. The normalized spacial score (nSPS) is 11.2. The van der Waals surface area contributed by atoms with Crippen LogP contribution in [0.3, 0.4) is 0 Å². The van der Waals surface area contributed by atoms with Crippen molar-refractivity contribution in [3.63, 3.8) is 0 Å². The number of imidazole rings is 2. The third-order valence-corrected chi connectivity index (χ3v) is 3.69. The summed E-state index contributed by atoms with van der Waals surface area (Å²) in [5, 5.41) is 10.9.